The summed E-state index contributed by atoms with van der Waals surface area (Å²) >= 11 is 0. The maximum absolute atomic E-state index is 15.8. The lowest BCUT2D eigenvalue weighted by atomic mass is 9.60. The Bertz CT molecular complexity index is 1340. The highest BCUT2D eigenvalue weighted by Crippen LogP contribution is 2.52. The fraction of sp³-hybridized carbons (Fsp3) is 0.536. The van der Waals surface area contributed by atoms with E-state index in [1.165, 1.54) is 18.9 Å². The smallest absolute Gasteiger partial charge is 0.255 e. The molecular weight excluding hydrogens is 495 g/mol. The number of nitrogens with two attached hydrogens (primary N) is 1. The molecule has 0 spiro atoms. The van der Waals surface area contributed by atoms with Crippen LogP contribution in [0.25, 0.3) is 0 Å². The Morgan fingerprint density at radius 2 is 1.74 bits per heavy atom. The molecule has 1 aromatic carbocycles. The van der Waals surface area contributed by atoms with Crippen LogP contribution in [0, 0.1) is 29.5 Å². The number of hydrogen-bond acceptors (Lipinski definition) is 8. The molecule has 2 fully saturated rings. The Labute approximate surface area is 218 Å². The number of benzene rings is 1. The van der Waals surface area contributed by atoms with Gasteiger partial charge in [0.15, 0.2) is 11.4 Å². The second kappa shape index (κ2) is 8.64. The SMILES string of the molecule is NC(=O)C1=C(O)C[C@@H]2CC3Cc4c(F)c(CN5CCC(C6CC6)CC5)cc(O)c4C(=O)C3=C(O)[C@]2(O)C1=O. The molecule has 5 aliphatic rings. The number of fused-ring (bicyclic) bond motifs is 3. The average molecular weight is 527 g/mol. The number of ketones is 2. The third-order valence-corrected chi connectivity index (χ3v) is 9.39. The Hall–Kier alpha value is -3.24. The molecule has 0 bridgehead atoms. The third-order valence-electron chi connectivity index (χ3n) is 9.39. The summed E-state index contributed by atoms with van der Waals surface area (Å²) in [6.07, 6.45) is 4.35. The van der Waals surface area contributed by atoms with Crippen molar-refractivity contribution in [3.8, 4) is 5.75 Å². The molecule has 1 saturated heterocycles. The Balaban J connectivity index is 1.33. The summed E-state index contributed by atoms with van der Waals surface area (Å²) < 4.78 is 15.8. The number of allylic oxidation sites excluding steroid dienone is 2. The maximum Gasteiger partial charge on any atom is 0.255 e. The molecule has 3 atom stereocenters. The van der Waals surface area contributed by atoms with Crippen molar-refractivity contribution < 1.29 is 39.2 Å². The van der Waals surface area contributed by atoms with Gasteiger partial charge in [-0.3, -0.25) is 19.3 Å². The van der Waals surface area contributed by atoms with Gasteiger partial charge in [0.2, 0.25) is 5.78 Å². The van der Waals surface area contributed by atoms with Crippen molar-refractivity contribution in [3.63, 3.8) is 0 Å². The summed E-state index contributed by atoms with van der Waals surface area (Å²) in [5.74, 6) is -6.18. The Morgan fingerprint density at radius 3 is 2.37 bits per heavy atom. The van der Waals surface area contributed by atoms with E-state index in [1.54, 1.807) is 0 Å². The second-order valence-electron chi connectivity index (χ2n) is 11.6. The molecule has 1 saturated carbocycles. The molecule has 202 valence electrons. The van der Waals surface area contributed by atoms with E-state index in [0.29, 0.717) is 12.1 Å². The van der Waals surface area contributed by atoms with Crippen molar-refractivity contribution in [1.82, 2.24) is 4.90 Å². The molecular formula is C28H31FN2O7. The highest BCUT2D eigenvalue weighted by Gasteiger charge is 2.59. The van der Waals surface area contributed by atoms with Crippen molar-refractivity contribution >= 4 is 17.5 Å². The molecule has 6 rings (SSSR count). The number of primary amides is 1. The van der Waals surface area contributed by atoms with Crippen molar-refractivity contribution in [2.45, 2.75) is 57.1 Å². The monoisotopic (exact) mass is 526 g/mol. The molecule has 1 aliphatic heterocycles. The van der Waals surface area contributed by atoms with Crippen molar-refractivity contribution in [1.29, 1.82) is 0 Å². The number of carbonyl (C=O) groups is 3. The van der Waals surface area contributed by atoms with E-state index in [9.17, 15) is 34.8 Å². The van der Waals surface area contributed by atoms with E-state index < -0.39 is 63.6 Å². The predicted octanol–water partition coefficient (Wildman–Crippen LogP) is 2.34. The zero-order valence-electron chi connectivity index (χ0n) is 20.9. The van der Waals surface area contributed by atoms with Gasteiger partial charge in [0.05, 0.1) is 5.56 Å². The summed E-state index contributed by atoms with van der Waals surface area (Å²) in [5, 5.41) is 43.4. The number of nitrogens with zero attached hydrogens (tertiary/aromatic N) is 1. The summed E-state index contributed by atoms with van der Waals surface area (Å²) in [4.78, 5) is 40.4. The molecule has 9 nitrogen and oxygen atoms in total. The average Bonchev–Trinajstić information content (AvgIpc) is 3.70. The molecule has 38 heavy (non-hydrogen) atoms. The van der Waals surface area contributed by atoms with E-state index in [0.717, 1.165) is 37.8 Å². The predicted molar refractivity (Wildman–Crippen MR) is 131 cm³/mol. The maximum atomic E-state index is 15.8. The van der Waals surface area contributed by atoms with Gasteiger partial charge >= 0.3 is 0 Å². The normalized spacial score (nSPS) is 30.3. The van der Waals surface area contributed by atoms with Crippen LogP contribution in [0.4, 0.5) is 4.39 Å². The first-order chi connectivity index (χ1) is 18.0. The number of halogens is 1. The quantitative estimate of drug-likeness (QED) is 0.374. The largest absolute Gasteiger partial charge is 0.511 e. The minimum Gasteiger partial charge on any atom is -0.511 e. The lowest BCUT2D eigenvalue weighted by Crippen LogP contribution is -2.57. The molecule has 10 heteroatoms. The molecule has 0 aromatic heterocycles. The highest BCUT2D eigenvalue weighted by atomic mass is 19.1. The molecule has 1 unspecified atom stereocenters. The van der Waals surface area contributed by atoms with E-state index in [1.807, 2.05) is 0 Å². The van der Waals surface area contributed by atoms with E-state index >= 15 is 4.39 Å². The second-order valence-corrected chi connectivity index (χ2v) is 11.6. The third kappa shape index (κ3) is 3.60. The van der Waals surface area contributed by atoms with Gasteiger partial charge in [0.25, 0.3) is 5.91 Å². The number of aliphatic hydroxyl groups is 3. The zero-order chi connectivity index (χ0) is 27.1. The molecule has 1 aromatic rings. The van der Waals surface area contributed by atoms with Crippen LogP contribution in [0.15, 0.2) is 28.7 Å². The van der Waals surface area contributed by atoms with Crippen molar-refractivity contribution in [2.75, 3.05) is 13.1 Å². The number of amides is 1. The van der Waals surface area contributed by atoms with Crippen molar-refractivity contribution in [3.05, 3.63) is 51.2 Å². The highest BCUT2D eigenvalue weighted by molar-refractivity contribution is 6.24. The standard InChI is InChI=1S/C28H31FN2O7/c29-23-15(11-31-5-3-13(4-6-31)12-1-2-12)9-18(32)21-17(23)8-14-7-16-10-19(33)22(27(30)37)26(36)28(16,38)25(35)20(14)24(21)34/h9,12-14,16,32-33,35,38H,1-8,10-11H2,(H2,30,37)/t14?,16-,28-/m0/s1. The number of Topliss-reactive ketones (excluding diaryl/α,β-unsaturated/α-hetero) is 2. The summed E-state index contributed by atoms with van der Waals surface area (Å²) in [5.41, 5.74) is 1.51. The number of phenols is 1. The van der Waals surface area contributed by atoms with Gasteiger partial charge in [0, 0.05) is 35.6 Å². The summed E-state index contributed by atoms with van der Waals surface area (Å²) in [7, 11) is 0. The van der Waals surface area contributed by atoms with Crippen LogP contribution in [0.5, 0.6) is 5.75 Å². The molecule has 0 radical (unpaired) electrons. The first-order valence-corrected chi connectivity index (χ1v) is 13.2. The van der Waals surface area contributed by atoms with Crippen LogP contribution in [-0.4, -0.2) is 61.5 Å². The number of aromatic hydroxyl groups is 1. The van der Waals surface area contributed by atoms with E-state index in [4.69, 9.17) is 5.73 Å². The number of carbonyl (C=O) groups excluding carboxylic acids is 3. The van der Waals surface area contributed by atoms with Crippen LogP contribution < -0.4 is 5.73 Å². The first-order valence-electron chi connectivity index (χ1n) is 13.2. The van der Waals surface area contributed by atoms with Gasteiger partial charge < -0.3 is 26.2 Å². The molecule has 1 amide bonds. The van der Waals surface area contributed by atoms with Gasteiger partial charge in [-0.15, -0.1) is 0 Å². The number of rotatable bonds is 4. The fourth-order valence-electron chi connectivity index (χ4n) is 7.23. The molecule has 1 heterocycles. The van der Waals surface area contributed by atoms with Crippen LogP contribution in [-0.2, 0) is 22.6 Å². The van der Waals surface area contributed by atoms with Crippen LogP contribution in [0.1, 0.15) is 60.0 Å². The van der Waals surface area contributed by atoms with Crippen molar-refractivity contribution in [2.24, 2.45) is 29.4 Å². The van der Waals surface area contributed by atoms with E-state index in [2.05, 4.69) is 4.90 Å². The number of aliphatic hydroxyl groups excluding tert-OH is 2. The topological polar surface area (TPSA) is 161 Å². The number of piperidine rings is 1. The van der Waals surface area contributed by atoms with E-state index in [-0.39, 0.29) is 36.0 Å². The van der Waals surface area contributed by atoms with Gasteiger partial charge in [-0.1, -0.05) is 0 Å². The Kier molecular flexibility index (Phi) is 5.70. The molecule has 4 aliphatic carbocycles. The number of phenolic OH excluding ortho intramolecular Hbond substituents is 1. The lowest BCUT2D eigenvalue weighted by molar-refractivity contribution is -0.144. The zero-order valence-corrected chi connectivity index (χ0v) is 20.9. The minimum atomic E-state index is -2.63. The Morgan fingerprint density at radius 1 is 1.08 bits per heavy atom. The number of hydrogen-bond donors (Lipinski definition) is 5. The lowest BCUT2D eigenvalue weighted by Gasteiger charge is -2.45. The number of likely N-dealkylation sites (tertiary alicyclic amines) is 1. The summed E-state index contributed by atoms with van der Waals surface area (Å²) in [6, 6.07) is 1.25. The van der Waals surface area contributed by atoms with Gasteiger partial charge in [0.1, 0.15) is 28.7 Å². The first kappa shape index (κ1) is 25.1. The fourth-order valence-corrected chi connectivity index (χ4v) is 7.23. The molecule has 6 N–H and O–H groups in total. The van der Waals surface area contributed by atoms with Gasteiger partial charge in [-0.05, 0) is 75.4 Å². The van der Waals surface area contributed by atoms with Crippen LogP contribution >= 0.6 is 0 Å². The van der Waals surface area contributed by atoms with Crippen LogP contribution in [0.3, 0.4) is 0 Å². The van der Waals surface area contributed by atoms with Gasteiger partial charge in [-0.25, -0.2) is 4.39 Å². The van der Waals surface area contributed by atoms with Gasteiger partial charge in [-0.2, -0.15) is 0 Å². The minimum absolute atomic E-state index is 0.0258. The van der Waals surface area contributed by atoms with Crippen LogP contribution in [0.2, 0.25) is 0 Å². The summed E-state index contributed by atoms with van der Waals surface area (Å²) in [6.45, 7) is 2.00.